The van der Waals surface area contributed by atoms with Crippen LogP contribution in [0.25, 0.3) is 0 Å². The number of anilines is 1. The average molecular weight is 347 g/mol. The van der Waals surface area contributed by atoms with Crippen molar-refractivity contribution >= 4 is 5.69 Å². The molecule has 0 aliphatic carbocycles. The van der Waals surface area contributed by atoms with Crippen LogP contribution in [0.3, 0.4) is 0 Å². The largest absolute Gasteiger partial charge is 0.573 e. The minimum absolute atomic E-state index is 0.145. The lowest BCUT2D eigenvalue weighted by Gasteiger charge is -2.40. The van der Waals surface area contributed by atoms with E-state index in [0.717, 1.165) is 50.5 Å². The van der Waals surface area contributed by atoms with Crippen LogP contribution in [0.5, 0.6) is 5.75 Å². The zero-order valence-electron chi connectivity index (χ0n) is 13.5. The number of rotatable bonds is 3. The Kier molecular flexibility index (Phi) is 4.64. The van der Waals surface area contributed by atoms with Crippen LogP contribution in [0.4, 0.5) is 23.2 Å². The molecule has 2 saturated heterocycles. The molecule has 0 amide bonds. The lowest BCUT2D eigenvalue weighted by Crippen LogP contribution is -2.44. The fourth-order valence-corrected chi connectivity index (χ4v) is 3.64. The van der Waals surface area contributed by atoms with Crippen molar-refractivity contribution in [3.63, 3.8) is 0 Å². The monoisotopic (exact) mass is 347 g/mol. The van der Waals surface area contributed by atoms with E-state index in [1.54, 1.807) is 4.90 Å². The topological polar surface area (TPSA) is 21.7 Å². The molecule has 0 N–H and O–H groups in total. The van der Waals surface area contributed by atoms with Gasteiger partial charge in [0.25, 0.3) is 0 Å². The Labute approximate surface area is 138 Å². The Morgan fingerprint density at radius 2 is 2.00 bits per heavy atom. The van der Waals surface area contributed by atoms with Gasteiger partial charge >= 0.3 is 6.36 Å². The highest BCUT2D eigenvalue weighted by Gasteiger charge is 2.42. The number of nitrogens with zero attached hydrogens (tertiary/aromatic N) is 1. The van der Waals surface area contributed by atoms with Gasteiger partial charge in [-0.1, -0.05) is 13.3 Å². The first-order valence-corrected chi connectivity index (χ1v) is 8.24. The quantitative estimate of drug-likeness (QED) is 0.751. The molecule has 0 radical (unpaired) electrons. The van der Waals surface area contributed by atoms with Gasteiger partial charge in [0.2, 0.25) is 0 Å². The Morgan fingerprint density at radius 3 is 2.58 bits per heavy atom. The van der Waals surface area contributed by atoms with Crippen molar-refractivity contribution in [1.82, 2.24) is 0 Å². The van der Waals surface area contributed by atoms with Crippen LogP contribution in [0.2, 0.25) is 0 Å². The van der Waals surface area contributed by atoms with Crippen LogP contribution in [0.15, 0.2) is 18.2 Å². The number of alkyl halides is 3. The molecule has 1 spiro atoms. The van der Waals surface area contributed by atoms with Gasteiger partial charge in [0.1, 0.15) is 11.6 Å². The predicted octanol–water partition coefficient (Wildman–Crippen LogP) is 4.51. The zero-order chi connectivity index (χ0) is 17.4. The molecule has 2 aliphatic rings. The molecule has 7 heteroatoms. The summed E-state index contributed by atoms with van der Waals surface area (Å²) in [6.45, 7) is 4.02. The van der Waals surface area contributed by atoms with Crippen molar-refractivity contribution < 1.29 is 27.0 Å². The standard InChI is InChI=1S/C17H21F4NO2/c1-2-12-10-16(23-11-12)5-7-22(8-6-16)15-9-13(3-4-14(15)18)24-17(19,20)21/h3-4,9,12H,2,5-8,10-11H2,1H3. The molecule has 2 aliphatic heterocycles. The molecular formula is C17H21F4NO2. The van der Waals surface area contributed by atoms with Gasteiger partial charge in [0, 0.05) is 19.2 Å². The Hall–Kier alpha value is -1.50. The van der Waals surface area contributed by atoms with Crippen molar-refractivity contribution in [3.05, 3.63) is 24.0 Å². The van der Waals surface area contributed by atoms with E-state index >= 15 is 0 Å². The van der Waals surface area contributed by atoms with Gasteiger partial charge in [-0.15, -0.1) is 13.2 Å². The number of hydrogen-bond donors (Lipinski definition) is 0. The Morgan fingerprint density at radius 1 is 1.29 bits per heavy atom. The summed E-state index contributed by atoms with van der Waals surface area (Å²) in [4.78, 5) is 1.77. The third kappa shape index (κ3) is 3.77. The lowest BCUT2D eigenvalue weighted by atomic mass is 9.84. The van der Waals surface area contributed by atoms with Gasteiger partial charge in [-0.3, -0.25) is 0 Å². The van der Waals surface area contributed by atoms with Crippen molar-refractivity contribution in [2.75, 3.05) is 24.6 Å². The minimum atomic E-state index is -4.78. The molecular weight excluding hydrogens is 326 g/mol. The maximum absolute atomic E-state index is 14.1. The maximum atomic E-state index is 14.1. The molecule has 134 valence electrons. The van der Waals surface area contributed by atoms with Crippen molar-refractivity contribution in [1.29, 1.82) is 0 Å². The number of halogens is 4. The first kappa shape index (κ1) is 17.3. The van der Waals surface area contributed by atoms with E-state index in [9.17, 15) is 17.6 Å². The molecule has 1 atom stereocenters. The summed E-state index contributed by atoms with van der Waals surface area (Å²) in [6, 6.07) is 3.12. The molecule has 2 heterocycles. The second-order valence-corrected chi connectivity index (χ2v) is 6.62. The first-order valence-electron chi connectivity index (χ1n) is 8.24. The van der Waals surface area contributed by atoms with Gasteiger partial charge in [-0.2, -0.15) is 0 Å². The zero-order valence-corrected chi connectivity index (χ0v) is 13.5. The fourth-order valence-electron chi connectivity index (χ4n) is 3.64. The van der Waals surface area contributed by atoms with Crippen LogP contribution < -0.4 is 9.64 Å². The van der Waals surface area contributed by atoms with Crippen molar-refractivity contribution in [2.45, 2.75) is 44.6 Å². The Bertz CT molecular complexity index is 582. The normalized spacial score (nSPS) is 23.7. The van der Waals surface area contributed by atoms with E-state index in [-0.39, 0.29) is 11.3 Å². The summed E-state index contributed by atoms with van der Waals surface area (Å²) in [5.74, 6) is -0.376. The van der Waals surface area contributed by atoms with E-state index in [1.165, 1.54) is 0 Å². The van der Waals surface area contributed by atoms with Gasteiger partial charge in [0.05, 0.1) is 17.9 Å². The van der Waals surface area contributed by atoms with Crippen LogP contribution in [-0.2, 0) is 4.74 Å². The molecule has 0 aromatic heterocycles. The van der Waals surface area contributed by atoms with Gasteiger partial charge < -0.3 is 14.4 Å². The molecule has 2 fully saturated rings. The van der Waals surface area contributed by atoms with Gasteiger partial charge in [0.15, 0.2) is 0 Å². The molecule has 1 aromatic rings. The minimum Gasteiger partial charge on any atom is -0.406 e. The van der Waals surface area contributed by atoms with Crippen LogP contribution in [0.1, 0.15) is 32.6 Å². The summed E-state index contributed by atoms with van der Waals surface area (Å²) < 4.78 is 61.0. The Balaban J connectivity index is 1.69. The highest BCUT2D eigenvalue weighted by Crippen LogP contribution is 2.41. The van der Waals surface area contributed by atoms with Crippen LogP contribution >= 0.6 is 0 Å². The lowest BCUT2D eigenvalue weighted by molar-refractivity contribution is -0.274. The number of ether oxygens (including phenoxy) is 2. The average Bonchev–Trinajstić information content (AvgIpc) is 2.92. The third-order valence-corrected chi connectivity index (χ3v) is 5.03. The maximum Gasteiger partial charge on any atom is 0.573 e. The highest BCUT2D eigenvalue weighted by molar-refractivity contribution is 5.52. The molecule has 0 bridgehead atoms. The van der Waals surface area contributed by atoms with E-state index in [1.807, 2.05) is 0 Å². The van der Waals surface area contributed by atoms with Crippen molar-refractivity contribution in [2.24, 2.45) is 5.92 Å². The summed E-state index contributed by atoms with van der Waals surface area (Å²) in [7, 11) is 0. The number of hydrogen-bond acceptors (Lipinski definition) is 3. The highest BCUT2D eigenvalue weighted by atomic mass is 19.4. The van der Waals surface area contributed by atoms with Gasteiger partial charge in [-0.25, -0.2) is 4.39 Å². The van der Waals surface area contributed by atoms with E-state index in [2.05, 4.69) is 11.7 Å². The third-order valence-electron chi connectivity index (χ3n) is 5.03. The summed E-state index contributed by atoms with van der Waals surface area (Å²) >= 11 is 0. The van der Waals surface area contributed by atoms with E-state index < -0.39 is 17.9 Å². The summed E-state index contributed by atoms with van der Waals surface area (Å²) in [5, 5.41) is 0. The molecule has 3 rings (SSSR count). The molecule has 3 nitrogen and oxygen atoms in total. The summed E-state index contributed by atoms with van der Waals surface area (Å²) in [6.07, 6.45) is -1.18. The molecule has 1 unspecified atom stereocenters. The summed E-state index contributed by atoms with van der Waals surface area (Å²) in [5.41, 5.74) is 0.00456. The van der Waals surface area contributed by atoms with Crippen LogP contribution in [-0.4, -0.2) is 31.7 Å². The number of piperidine rings is 1. The fraction of sp³-hybridized carbons (Fsp3) is 0.647. The first-order chi connectivity index (χ1) is 11.3. The molecule has 0 saturated carbocycles. The van der Waals surface area contributed by atoms with Gasteiger partial charge in [-0.05, 0) is 37.3 Å². The predicted molar refractivity (Wildman–Crippen MR) is 81.6 cm³/mol. The smallest absolute Gasteiger partial charge is 0.406 e. The van der Waals surface area contributed by atoms with E-state index in [4.69, 9.17) is 4.74 Å². The van der Waals surface area contributed by atoms with Crippen LogP contribution in [0, 0.1) is 11.7 Å². The second-order valence-electron chi connectivity index (χ2n) is 6.62. The molecule has 24 heavy (non-hydrogen) atoms. The SMILES string of the molecule is CCC1COC2(CCN(c3cc(OC(F)(F)F)ccc3F)CC2)C1. The van der Waals surface area contributed by atoms with Crippen molar-refractivity contribution in [3.8, 4) is 5.75 Å². The number of benzene rings is 1. The molecule has 1 aromatic carbocycles. The van der Waals surface area contributed by atoms with E-state index in [0.29, 0.717) is 19.0 Å². The second kappa shape index (κ2) is 6.43.